The number of carbonyl (C=O) groups excluding carboxylic acids is 1. The molecular weight excluding hydrogens is 318 g/mol. The van der Waals surface area contributed by atoms with Gasteiger partial charge in [-0.15, -0.1) is 12.4 Å². The number of hydrogen-bond acceptors (Lipinski definition) is 5. The Balaban J connectivity index is 0.00000400. The summed E-state index contributed by atoms with van der Waals surface area (Å²) < 4.78 is 30.9. The van der Waals surface area contributed by atoms with E-state index in [-0.39, 0.29) is 42.6 Å². The summed E-state index contributed by atoms with van der Waals surface area (Å²) in [6, 6.07) is 0. The van der Waals surface area contributed by atoms with Gasteiger partial charge in [0.15, 0.2) is 0 Å². The number of hydrogen-bond donors (Lipinski definition) is 2. The molecule has 0 radical (unpaired) electrons. The van der Waals surface area contributed by atoms with Gasteiger partial charge < -0.3 is 15.8 Å². The molecule has 21 heavy (non-hydrogen) atoms. The predicted molar refractivity (Wildman–Crippen MR) is 83.9 cm³/mol. The predicted octanol–water partition coefficient (Wildman–Crippen LogP) is -0.440. The Morgan fingerprint density at radius 1 is 1.52 bits per heavy atom. The van der Waals surface area contributed by atoms with E-state index in [2.05, 4.69) is 5.32 Å². The molecule has 1 rings (SSSR count). The summed E-state index contributed by atoms with van der Waals surface area (Å²) in [5.41, 5.74) is 5.34. The normalized spacial score (nSPS) is 21.4. The van der Waals surface area contributed by atoms with Crippen molar-refractivity contribution in [2.24, 2.45) is 11.7 Å². The van der Waals surface area contributed by atoms with Gasteiger partial charge in [0.25, 0.3) is 0 Å². The highest BCUT2D eigenvalue weighted by molar-refractivity contribution is 7.89. The second kappa shape index (κ2) is 9.58. The maximum atomic E-state index is 12.2. The van der Waals surface area contributed by atoms with Crippen molar-refractivity contribution in [2.75, 3.05) is 39.0 Å². The Labute approximate surface area is 133 Å². The van der Waals surface area contributed by atoms with E-state index in [1.807, 2.05) is 0 Å². The molecule has 1 saturated heterocycles. The van der Waals surface area contributed by atoms with Gasteiger partial charge in [-0.05, 0) is 19.8 Å². The summed E-state index contributed by atoms with van der Waals surface area (Å²) in [4.78, 5) is 11.9. The molecule has 1 fully saturated rings. The molecule has 0 aliphatic carbocycles. The second-order valence-electron chi connectivity index (χ2n) is 5.10. The van der Waals surface area contributed by atoms with E-state index in [1.54, 1.807) is 6.92 Å². The van der Waals surface area contributed by atoms with Crippen molar-refractivity contribution in [1.82, 2.24) is 9.62 Å². The van der Waals surface area contributed by atoms with Crippen LogP contribution in [0.1, 0.15) is 19.8 Å². The first-order chi connectivity index (χ1) is 9.40. The number of methoxy groups -OCH3 is 1. The smallest absolute Gasteiger partial charge is 0.224 e. The third-order valence-corrected chi connectivity index (χ3v) is 5.45. The van der Waals surface area contributed by atoms with Crippen molar-refractivity contribution in [3.63, 3.8) is 0 Å². The Morgan fingerprint density at radius 3 is 2.76 bits per heavy atom. The quantitative estimate of drug-likeness (QED) is 0.652. The summed E-state index contributed by atoms with van der Waals surface area (Å²) in [5.74, 6) is -0.459. The van der Waals surface area contributed by atoms with Gasteiger partial charge >= 0.3 is 0 Å². The van der Waals surface area contributed by atoms with Crippen molar-refractivity contribution in [2.45, 2.75) is 25.9 Å². The summed E-state index contributed by atoms with van der Waals surface area (Å²) in [7, 11) is -1.89. The maximum absolute atomic E-state index is 12.2. The van der Waals surface area contributed by atoms with Crippen LogP contribution in [0.5, 0.6) is 0 Å². The topological polar surface area (TPSA) is 102 Å². The molecule has 1 aliphatic rings. The van der Waals surface area contributed by atoms with Gasteiger partial charge in [-0.2, -0.15) is 0 Å². The first kappa shape index (κ1) is 20.6. The van der Waals surface area contributed by atoms with Gasteiger partial charge in [-0.3, -0.25) is 4.79 Å². The second-order valence-corrected chi connectivity index (χ2v) is 7.12. The zero-order valence-electron chi connectivity index (χ0n) is 12.6. The molecule has 1 amide bonds. The van der Waals surface area contributed by atoms with E-state index in [9.17, 15) is 13.2 Å². The van der Waals surface area contributed by atoms with Crippen molar-refractivity contribution < 1.29 is 17.9 Å². The molecule has 0 spiro atoms. The highest BCUT2D eigenvalue weighted by Crippen LogP contribution is 2.20. The van der Waals surface area contributed by atoms with E-state index in [0.717, 1.165) is 0 Å². The van der Waals surface area contributed by atoms with Gasteiger partial charge in [-0.25, -0.2) is 12.7 Å². The van der Waals surface area contributed by atoms with Crippen LogP contribution in [0.3, 0.4) is 0 Å². The molecule has 1 heterocycles. The molecule has 0 saturated carbocycles. The number of amides is 1. The fourth-order valence-corrected chi connectivity index (χ4v) is 3.97. The average Bonchev–Trinajstić information content (AvgIpc) is 2.44. The molecule has 3 N–H and O–H groups in total. The molecule has 9 heteroatoms. The standard InChI is InChI=1S/C12H25N3O4S.ClH/c1-10(19-2)9-20(17,18)15-7-3-4-11(8-15)12(16)14-6-5-13;/h10-11H,3-9,13H2,1-2H3,(H,14,16);1H. The molecular formula is C12H26ClN3O4S. The highest BCUT2D eigenvalue weighted by Gasteiger charge is 2.32. The number of sulfonamides is 1. The van der Waals surface area contributed by atoms with E-state index >= 15 is 0 Å². The number of nitrogens with zero attached hydrogens (tertiary/aromatic N) is 1. The SMILES string of the molecule is COC(C)CS(=O)(=O)N1CCCC(C(=O)NCCN)C1.Cl. The first-order valence-electron chi connectivity index (χ1n) is 6.89. The fraction of sp³-hybridized carbons (Fsp3) is 0.917. The molecule has 2 unspecified atom stereocenters. The molecule has 126 valence electrons. The molecule has 0 aromatic heterocycles. The maximum Gasteiger partial charge on any atom is 0.224 e. The van der Waals surface area contributed by atoms with E-state index in [4.69, 9.17) is 10.5 Å². The third-order valence-electron chi connectivity index (χ3n) is 3.44. The molecule has 0 aromatic carbocycles. The van der Waals surface area contributed by atoms with Crippen molar-refractivity contribution in [3.05, 3.63) is 0 Å². The summed E-state index contributed by atoms with van der Waals surface area (Å²) in [6.07, 6.45) is 1.05. The van der Waals surface area contributed by atoms with Crippen LogP contribution >= 0.6 is 12.4 Å². The number of ether oxygens (including phenoxy) is 1. The van der Waals surface area contributed by atoms with Gasteiger partial charge in [-0.1, -0.05) is 0 Å². The van der Waals surface area contributed by atoms with Crippen LogP contribution in [0.2, 0.25) is 0 Å². The number of nitrogens with two attached hydrogens (primary N) is 1. The van der Waals surface area contributed by atoms with Crippen LogP contribution in [0.4, 0.5) is 0 Å². The largest absolute Gasteiger partial charge is 0.381 e. The van der Waals surface area contributed by atoms with Gasteiger partial charge in [0, 0.05) is 33.3 Å². The number of piperidine rings is 1. The Hall–Kier alpha value is -0.410. The zero-order chi connectivity index (χ0) is 15.2. The summed E-state index contributed by atoms with van der Waals surface area (Å²) in [6.45, 7) is 3.23. The Kier molecular flexibility index (Phi) is 9.39. The lowest BCUT2D eigenvalue weighted by Gasteiger charge is -2.31. The molecule has 0 aromatic rings. The van der Waals surface area contributed by atoms with Gasteiger partial charge in [0.05, 0.1) is 17.8 Å². The van der Waals surface area contributed by atoms with Gasteiger partial charge in [0.1, 0.15) is 0 Å². The number of halogens is 1. The first-order valence-corrected chi connectivity index (χ1v) is 8.50. The lowest BCUT2D eigenvalue weighted by atomic mass is 9.99. The molecule has 2 atom stereocenters. The number of nitrogens with one attached hydrogen (secondary N) is 1. The van der Waals surface area contributed by atoms with Crippen LogP contribution in [0, 0.1) is 5.92 Å². The van der Waals surface area contributed by atoms with Crippen molar-refractivity contribution in [3.8, 4) is 0 Å². The zero-order valence-corrected chi connectivity index (χ0v) is 14.2. The minimum Gasteiger partial charge on any atom is -0.381 e. The lowest BCUT2D eigenvalue weighted by molar-refractivity contribution is -0.126. The van der Waals surface area contributed by atoms with E-state index in [1.165, 1.54) is 11.4 Å². The van der Waals surface area contributed by atoms with Crippen molar-refractivity contribution >= 4 is 28.3 Å². The van der Waals surface area contributed by atoms with Gasteiger partial charge in [0.2, 0.25) is 15.9 Å². The van der Waals surface area contributed by atoms with Crippen molar-refractivity contribution in [1.29, 1.82) is 0 Å². The van der Waals surface area contributed by atoms with Crippen LogP contribution in [0.25, 0.3) is 0 Å². The minimum atomic E-state index is -3.38. The Morgan fingerprint density at radius 2 is 2.19 bits per heavy atom. The summed E-state index contributed by atoms with van der Waals surface area (Å²) >= 11 is 0. The number of carbonyl (C=O) groups is 1. The Bertz CT molecular complexity index is 419. The minimum absolute atomic E-state index is 0. The molecule has 0 bridgehead atoms. The third kappa shape index (κ3) is 6.48. The molecule has 7 nitrogen and oxygen atoms in total. The number of rotatable bonds is 7. The summed E-state index contributed by atoms with van der Waals surface area (Å²) in [5, 5.41) is 2.72. The van der Waals surface area contributed by atoms with Crippen LogP contribution < -0.4 is 11.1 Å². The van der Waals surface area contributed by atoms with Crippen LogP contribution in [-0.4, -0.2) is 63.8 Å². The fourth-order valence-electron chi connectivity index (χ4n) is 2.22. The lowest BCUT2D eigenvalue weighted by Crippen LogP contribution is -2.47. The van der Waals surface area contributed by atoms with E-state index < -0.39 is 10.0 Å². The van der Waals surface area contributed by atoms with E-state index in [0.29, 0.717) is 32.5 Å². The monoisotopic (exact) mass is 343 g/mol. The highest BCUT2D eigenvalue weighted by atomic mass is 35.5. The van der Waals surface area contributed by atoms with Crippen LogP contribution in [-0.2, 0) is 19.6 Å². The molecule has 1 aliphatic heterocycles. The van der Waals surface area contributed by atoms with Crippen LogP contribution in [0.15, 0.2) is 0 Å². The average molecular weight is 344 g/mol.